The normalized spacial score (nSPS) is 10.4. The van der Waals surface area contributed by atoms with Crippen LogP contribution < -0.4 is 10.1 Å². The number of anilines is 1. The van der Waals surface area contributed by atoms with E-state index >= 15 is 0 Å². The van der Waals surface area contributed by atoms with Gasteiger partial charge in [0.1, 0.15) is 5.75 Å². The van der Waals surface area contributed by atoms with Crippen molar-refractivity contribution in [2.24, 2.45) is 0 Å². The van der Waals surface area contributed by atoms with Gasteiger partial charge < -0.3 is 10.1 Å². The molecule has 5 heteroatoms. The fourth-order valence-electron chi connectivity index (χ4n) is 1.84. The summed E-state index contributed by atoms with van der Waals surface area (Å²) in [7, 11) is 0. The molecule has 0 saturated heterocycles. The highest BCUT2D eigenvalue weighted by Crippen LogP contribution is 2.26. The number of nitrogens with zero attached hydrogens (tertiary/aromatic N) is 2. The second-order valence-corrected chi connectivity index (χ2v) is 4.82. The van der Waals surface area contributed by atoms with Crippen LogP contribution in [0.25, 0.3) is 0 Å². The summed E-state index contributed by atoms with van der Waals surface area (Å²) in [5.74, 6) is 1.83. The quantitative estimate of drug-likeness (QED) is 0.896. The number of ether oxygens (including phenoxy) is 1. The molecule has 1 aromatic heterocycles. The summed E-state index contributed by atoms with van der Waals surface area (Å²) < 4.78 is 5.79. The molecule has 0 fully saturated rings. The maximum Gasteiger partial charge on any atom is 0.226 e. The molecule has 0 radical (unpaired) electrons. The summed E-state index contributed by atoms with van der Waals surface area (Å²) in [6, 6.07) is 7.43. The van der Waals surface area contributed by atoms with Crippen LogP contribution in [0.3, 0.4) is 0 Å². The van der Waals surface area contributed by atoms with Gasteiger partial charge in [-0.2, -0.15) is 4.98 Å². The fourth-order valence-corrected chi connectivity index (χ4v) is 2.09. The predicted molar refractivity (Wildman–Crippen MR) is 81.8 cm³/mol. The molecule has 20 heavy (non-hydrogen) atoms. The standard InChI is InChI=1S/C15H18ClN3O/c1-4-11-9-12(6-7-13(11)16)20-14-8-10(3)18-15(19-14)17-5-2/h6-9H,4-5H2,1-3H3,(H,17,18,19). The third-order valence-corrected chi connectivity index (χ3v) is 3.15. The maximum absolute atomic E-state index is 6.10. The van der Waals surface area contributed by atoms with Crippen LogP contribution in [0.4, 0.5) is 5.95 Å². The molecule has 4 nitrogen and oxygen atoms in total. The van der Waals surface area contributed by atoms with Crippen LogP contribution in [-0.2, 0) is 6.42 Å². The SMILES string of the molecule is CCNc1nc(C)cc(Oc2ccc(Cl)c(CC)c2)n1. The molecule has 1 aromatic carbocycles. The molecular weight excluding hydrogens is 274 g/mol. The summed E-state index contributed by atoms with van der Waals surface area (Å²) in [6.45, 7) is 6.74. The highest BCUT2D eigenvalue weighted by atomic mass is 35.5. The fraction of sp³-hybridized carbons (Fsp3) is 0.333. The molecule has 0 unspecified atom stereocenters. The van der Waals surface area contributed by atoms with Crippen LogP contribution >= 0.6 is 11.6 Å². The van der Waals surface area contributed by atoms with Crippen LogP contribution in [0.15, 0.2) is 24.3 Å². The van der Waals surface area contributed by atoms with E-state index in [-0.39, 0.29) is 0 Å². The molecular formula is C15H18ClN3O. The van der Waals surface area contributed by atoms with Crippen molar-refractivity contribution in [3.63, 3.8) is 0 Å². The summed E-state index contributed by atoms with van der Waals surface area (Å²) in [6.07, 6.45) is 0.863. The number of rotatable bonds is 5. The van der Waals surface area contributed by atoms with Crippen molar-refractivity contribution in [1.29, 1.82) is 0 Å². The largest absolute Gasteiger partial charge is 0.439 e. The van der Waals surface area contributed by atoms with E-state index in [1.807, 2.05) is 32.0 Å². The molecule has 1 heterocycles. The molecule has 106 valence electrons. The van der Waals surface area contributed by atoms with Gasteiger partial charge in [-0.25, -0.2) is 4.98 Å². The van der Waals surface area contributed by atoms with Crippen molar-refractivity contribution < 1.29 is 4.74 Å². The second-order valence-electron chi connectivity index (χ2n) is 4.41. The van der Waals surface area contributed by atoms with Crippen molar-refractivity contribution in [1.82, 2.24) is 9.97 Å². The Morgan fingerprint density at radius 1 is 1.20 bits per heavy atom. The third kappa shape index (κ3) is 3.61. The Balaban J connectivity index is 2.25. The Hall–Kier alpha value is -1.81. The summed E-state index contributed by atoms with van der Waals surface area (Å²) in [5, 5.41) is 3.84. The first-order chi connectivity index (χ1) is 9.62. The van der Waals surface area contributed by atoms with Gasteiger partial charge in [0.25, 0.3) is 0 Å². The molecule has 1 N–H and O–H groups in total. The highest BCUT2D eigenvalue weighted by Gasteiger charge is 2.06. The lowest BCUT2D eigenvalue weighted by molar-refractivity contribution is 0.461. The highest BCUT2D eigenvalue weighted by molar-refractivity contribution is 6.31. The van der Waals surface area contributed by atoms with Gasteiger partial charge in [-0.15, -0.1) is 0 Å². The van der Waals surface area contributed by atoms with Crippen LogP contribution in [0.1, 0.15) is 25.1 Å². The number of aryl methyl sites for hydroxylation is 2. The van der Waals surface area contributed by atoms with Crippen molar-refractivity contribution in [2.45, 2.75) is 27.2 Å². The molecule has 2 aromatic rings. The van der Waals surface area contributed by atoms with E-state index in [2.05, 4.69) is 22.2 Å². The van der Waals surface area contributed by atoms with E-state index in [0.29, 0.717) is 11.8 Å². The van der Waals surface area contributed by atoms with E-state index in [9.17, 15) is 0 Å². The smallest absolute Gasteiger partial charge is 0.226 e. The third-order valence-electron chi connectivity index (χ3n) is 2.79. The van der Waals surface area contributed by atoms with E-state index in [1.54, 1.807) is 6.07 Å². The van der Waals surface area contributed by atoms with Crippen molar-refractivity contribution >= 4 is 17.5 Å². The van der Waals surface area contributed by atoms with Gasteiger partial charge in [-0.1, -0.05) is 18.5 Å². The lowest BCUT2D eigenvalue weighted by atomic mass is 10.1. The molecule has 0 atom stereocenters. The zero-order valence-corrected chi connectivity index (χ0v) is 12.7. The van der Waals surface area contributed by atoms with E-state index in [1.165, 1.54) is 0 Å². The van der Waals surface area contributed by atoms with Gasteiger partial charge in [-0.3, -0.25) is 0 Å². The summed E-state index contributed by atoms with van der Waals surface area (Å²) in [4.78, 5) is 8.61. The lowest BCUT2D eigenvalue weighted by Gasteiger charge is -2.09. The van der Waals surface area contributed by atoms with Crippen LogP contribution in [0, 0.1) is 6.92 Å². The molecule has 0 aliphatic rings. The van der Waals surface area contributed by atoms with E-state index in [4.69, 9.17) is 16.3 Å². The van der Waals surface area contributed by atoms with Gasteiger partial charge in [0.15, 0.2) is 0 Å². The molecule has 0 saturated carbocycles. The van der Waals surface area contributed by atoms with Crippen molar-refractivity contribution in [3.05, 3.63) is 40.5 Å². The molecule has 0 amide bonds. The number of halogens is 1. The lowest BCUT2D eigenvalue weighted by Crippen LogP contribution is -2.04. The van der Waals surface area contributed by atoms with Crippen molar-refractivity contribution in [2.75, 3.05) is 11.9 Å². The number of hydrogen-bond acceptors (Lipinski definition) is 4. The Kier molecular flexibility index (Phi) is 4.79. The molecule has 0 bridgehead atoms. The minimum Gasteiger partial charge on any atom is -0.439 e. The first kappa shape index (κ1) is 14.6. The average molecular weight is 292 g/mol. The maximum atomic E-state index is 6.10. The van der Waals surface area contributed by atoms with Gasteiger partial charge in [-0.05, 0) is 44.0 Å². The van der Waals surface area contributed by atoms with Gasteiger partial charge >= 0.3 is 0 Å². The van der Waals surface area contributed by atoms with Crippen LogP contribution in [0.5, 0.6) is 11.6 Å². The topological polar surface area (TPSA) is 47.0 Å². The number of nitrogens with one attached hydrogen (secondary N) is 1. The Morgan fingerprint density at radius 3 is 2.70 bits per heavy atom. The molecule has 0 aliphatic heterocycles. The second kappa shape index (κ2) is 6.57. The van der Waals surface area contributed by atoms with E-state index < -0.39 is 0 Å². The Labute approximate surface area is 124 Å². The van der Waals surface area contributed by atoms with Crippen molar-refractivity contribution in [3.8, 4) is 11.6 Å². The minimum atomic E-state index is 0.526. The predicted octanol–water partition coefficient (Wildman–Crippen LogP) is 4.22. The van der Waals surface area contributed by atoms with Crippen LogP contribution in [-0.4, -0.2) is 16.5 Å². The van der Waals surface area contributed by atoms with Gasteiger partial charge in [0.05, 0.1) is 0 Å². The van der Waals surface area contributed by atoms with E-state index in [0.717, 1.165) is 35.0 Å². The Bertz CT molecular complexity index is 602. The number of hydrogen-bond donors (Lipinski definition) is 1. The van der Waals surface area contributed by atoms with Gasteiger partial charge in [0.2, 0.25) is 11.8 Å². The minimum absolute atomic E-state index is 0.526. The number of aromatic nitrogens is 2. The molecule has 0 spiro atoms. The molecule has 2 rings (SSSR count). The van der Waals surface area contributed by atoms with Crippen LogP contribution in [0.2, 0.25) is 5.02 Å². The first-order valence-electron chi connectivity index (χ1n) is 6.68. The zero-order chi connectivity index (χ0) is 14.5. The number of benzene rings is 1. The Morgan fingerprint density at radius 2 is 2.00 bits per heavy atom. The van der Waals surface area contributed by atoms with Gasteiger partial charge in [0, 0.05) is 23.3 Å². The summed E-state index contributed by atoms with van der Waals surface area (Å²) >= 11 is 6.10. The zero-order valence-electron chi connectivity index (χ0n) is 11.9. The molecule has 0 aliphatic carbocycles. The first-order valence-corrected chi connectivity index (χ1v) is 7.06. The average Bonchev–Trinajstić information content (AvgIpc) is 2.40. The summed E-state index contributed by atoms with van der Waals surface area (Å²) in [5.41, 5.74) is 1.91. The monoisotopic (exact) mass is 291 g/mol.